The molecular formula is C25H18F3N3O3. The van der Waals surface area contributed by atoms with E-state index >= 15 is 0 Å². The first kappa shape index (κ1) is 24.1. The average Bonchev–Trinajstić information content (AvgIpc) is 3.27. The molecule has 0 unspecified atom stereocenters. The lowest BCUT2D eigenvalue weighted by atomic mass is 10.1. The van der Waals surface area contributed by atoms with Crippen LogP contribution in [-0.4, -0.2) is 26.8 Å². The first-order valence-corrected chi connectivity index (χ1v) is 9.89. The number of nitriles is 1. The molecule has 0 amide bonds. The van der Waals surface area contributed by atoms with E-state index in [1.54, 1.807) is 12.5 Å². The summed E-state index contributed by atoms with van der Waals surface area (Å²) in [6, 6.07) is 27.9. The summed E-state index contributed by atoms with van der Waals surface area (Å²) in [5, 5.41) is 16.0. The number of benzene rings is 3. The Bertz CT molecular complexity index is 1260. The molecule has 0 spiro atoms. The fourth-order valence-corrected chi connectivity index (χ4v) is 2.86. The van der Waals surface area contributed by atoms with E-state index in [1.165, 1.54) is 5.56 Å². The van der Waals surface area contributed by atoms with Crippen LogP contribution in [0.5, 0.6) is 11.6 Å². The molecular weight excluding hydrogens is 447 g/mol. The minimum Gasteiger partial charge on any atom is -0.475 e. The third kappa shape index (κ3) is 6.71. The van der Waals surface area contributed by atoms with E-state index in [9.17, 15) is 13.2 Å². The minimum atomic E-state index is -5.08. The number of aliphatic carboxylic acids is 1. The second-order valence-corrected chi connectivity index (χ2v) is 6.96. The molecule has 0 atom stereocenters. The van der Waals surface area contributed by atoms with Gasteiger partial charge in [-0.25, -0.2) is 9.78 Å². The van der Waals surface area contributed by atoms with Crippen LogP contribution in [0.3, 0.4) is 0 Å². The first-order chi connectivity index (χ1) is 16.3. The molecule has 4 aromatic rings. The number of carboxylic acids is 1. The van der Waals surface area contributed by atoms with Crippen molar-refractivity contribution in [3.63, 3.8) is 0 Å². The lowest BCUT2D eigenvalue weighted by molar-refractivity contribution is -0.192. The summed E-state index contributed by atoms with van der Waals surface area (Å²) in [5.41, 5.74) is 4.06. The molecule has 4 rings (SSSR count). The number of ether oxygens (including phenoxy) is 1. The van der Waals surface area contributed by atoms with Crippen molar-refractivity contribution in [1.82, 2.24) is 9.55 Å². The van der Waals surface area contributed by atoms with Gasteiger partial charge in [0.05, 0.1) is 30.7 Å². The highest BCUT2D eigenvalue weighted by Gasteiger charge is 2.38. The Morgan fingerprint density at radius 2 is 1.56 bits per heavy atom. The van der Waals surface area contributed by atoms with Gasteiger partial charge < -0.3 is 9.84 Å². The number of imidazole rings is 1. The summed E-state index contributed by atoms with van der Waals surface area (Å²) < 4.78 is 39.7. The second-order valence-electron chi connectivity index (χ2n) is 6.96. The SMILES string of the molecule is N#Cc1ccc(Cn2cncc2Oc2ccc(-c3ccccc3)cc2)cc1.O=C(O)C(F)(F)F. The Hall–Kier alpha value is -4.58. The molecule has 0 aliphatic carbocycles. The number of alkyl halides is 3. The van der Waals surface area contributed by atoms with Gasteiger partial charge in [-0.1, -0.05) is 54.6 Å². The van der Waals surface area contributed by atoms with Gasteiger partial charge in [-0.3, -0.25) is 4.57 Å². The number of aromatic nitrogens is 2. The molecule has 0 aliphatic heterocycles. The van der Waals surface area contributed by atoms with Gasteiger partial charge in [0, 0.05) is 0 Å². The highest BCUT2D eigenvalue weighted by Crippen LogP contribution is 2.26. The molecule has 1 heterocycles. The van der Waals surface area contributed by atoms with Crippen molar-refractivity contribution in [2.75, 3.05) is 0 Å². The number of halogens is 3. The number of carbonyl (C=O) groups is 1. The van der Waals surface area contributed by atoms with Crippen molar-refractivity contribution in [2.45, 2.75) is 12.7 Å². The van der Waals surface area contributed by atoms with E-state index in [1.807, 2.05) is 71.3 Å². The number of hydrogen-bond acceptors (Lipinski definition) is 4. The number of rotatable bonds is 5. The molecule has 0 radical (unpaired) electrons. The van der Waals surface area contributed by atoms with Crippen molar-refractivity contribution in [3.05, 3.63) is 103 Å². The molecule has 6 nitrogen and oxygen atoms in total. The maximum Gasteiger partial charge on any atom is 0.490 e. The smallest absolute Gasteiger partial charge is 0.475 e. The molecule has 1 aromatic heterocycles. The molecule has 0 fully saturated rings. The highest BCUT2D eigenvalue weighted by atomic mass is 19.4. The van der Waals surface area contributed by atoms with Gasteiger partial charge in [0.15, 0.2) is 0 Å². The molecule has 0 saturated heterocycles. The lowest BCUT2D eigenvalue weighted by Crippen LogP contribution is -2.21. The summed E-state index contributed by atoms with van der Waals surface area (Å²) >= 11 is 0. The maximum atomic E-state index is 10.6. The molecule has 1 N–H and O–H groups in total. The van der Waals surface area contributed by atoms with E-state index in [-0.39, 0.29) is 0 Å². The van der Waals surface area contributed by atoms with E-state index in [4.69, 9.17) is 19.9 Å². The van der Waals surface area contributed by atoms with E-state index < -0.39 is 12.1 Å². The van der Waals surface area contributed by atoms with Gasteiger partial charge >= 0.3 is 12.1 Å². The Kier molecular flexibility index (Phi) is 7.67. The molecule has 0 aliphatic rings. The molecule has 0 bridgehead atoms. The largest absolute Gasteiger partial charge is 0.490 e. The predicted octanol–water partition coefficient (Wildman–Crippen LogP) is 5.90. The van der Waals surface area contributed by atoms with Crippen LogP contribution in [0, 0.1) is 11.3 Å². The first-order valence-electron chi connectivity index (χ1n) is 9.89. The zero-order chi connectivity index (χ0) is 24.6. The van der Waals surface area contributed by atoms with Crippen molar-refractivity contribution < 1.29 is 27.8 Å². The van der Waals surface area contributed by atoms with Crippen LogP contribution in [0.2, 0.25) is 0 Å². The summed E-state index contributed by atoms with van der Waals surface area (Å²) in [6.45, 7) is 0.628. The highest BCUT2D eigenvalue weighted by molar-refractivity contribution is 5.73. The average molecular weight is 465 g/mol. The topological polar surface area (TPSA) is 88.1 Å². The van der Waals surface area contributed by atoms with Crippen LogP contribution < -0.4 is 4.74 Å². The zero-order valence-electron chi connectivity index (χ0n) is 17.6. The Labute approximate surface area is 193 Å². The number of hydrogen-bond donors (Lipinski definition) is 1. The number of nitrogens with zero attached hydrogens (tertiary/aromatic N) is 3. The van der Waals surface area contributed by atoms with Crippen LogP contribution in [0.15, 0.2) is 91.4 Å². The van der Waals surface area contributed by atoms with Gasteiger partial charge in [0.1, 0.15) is 5.75 Å². The molecule has 34 heavy (non-hydrogen) atoms. The van der Waals surface area contributed by atoms with Crippen LogP contribution in [0.4, 0.5) is 13.2 Å². The van der Waals surface area contributed by atoms with E-state index in [2.05, 4.69) is 23.2 Å². The minimum absolute atomic E-state index is 0.628. The van der Waals surface area contributed by atoms with Crippen LogP contribution in [-0.2, 0) is 11.3 Å². The number of carboxylic acid groups (broad SMARTS) is 1. The molecule has 9 heteroatoms. The maximum absolute atomic E-state index is 10.6. The Morgan fingerprint density at radius 3 is 2.12 bits per heavy atom. The molecule has 172 valence electrons. The fraction of sp³-hybridized carbons (Fsp3) is 0.0800. The summed E-state index contributed by atoms with van der Waals surface area (Å²) in [6.07, 6.45) is -1.64. The van der Waals surface area contributed by atoms with Crippen LogP contribution in [0.1, 0.15) is 11.1 Å². The van der Waals surface area contributed by atoms with Crippen molar-refractivity contribution in [1.29, 1.82) is 5.26 Å². The van der Waals surface area contributed by atoms with E-state index in [0.717, 1.165) is 16.9 Å². The van der Waals surface area contributed by atoms with Gasteiger partial charge in [0.25, 0.3) is 0 Å². The van der Waals surface area contributed by atoms with Gasteiger partial charge in [-0.05, 0) is 41.0 Å². The fourth-order valence-electron chi connectivity index (χ4n) is 2.86. The van der Waals surface area contributed by atoms with Gasteiger partial charge in [0.2, 0.25) is 5.88 Å². The van der Waals surface area contributed by atoms with Crippen LogP contribution in [0.25, 0.3) is 11.1 Å². The zero-order valence-corrected chi connectivity index (χ0v) is 17.6. The summed E-state index contributed by atoms with van der Waals surface area (Å²) in [7, 11) is 0. The van der Waals surface area contributed by atoms with Crippen LogP contribution >= 0.6 is 0 Å². The molecule has 3 aromatic carbocycles. The third-order valence-corrected chi connectivity index (χ3v) is 4.54. The lowest BCUT2D eigenvalue weighted by Gasteiger charge is -2.10. The normalized spacial score (nSPS) is 10.5. The third-order valence-electron chi connectivity index (χ3n) is 4.54. The summed E-state index contributed by atoms with van der Waals surface area (Å²) in [4.78, 5) is 13.1. The summed E-state index contributed by atoms with van der Waals surface area (Å²) in [5.74, 6) is -1.32. The predicted molar refractivity (Wildman–Crippen MR) is 118 cm³/mol. The molecule has 0 saturated carbocycles. The van der Waals surface area contributed by atoms with Crippen molar-refractivity contribution in [2.24, 2.45) is 0 Å². The Balaban J connectivity index is 0.000000406. The van der Waals surface area contributed by atoms with Gasteiger partial charge in [-0.2, -0.15) is 18.4 Å². The standard InChI is InChI=1S/C23H17N3O.C2HF3O2/c24-14-18-6-8-19(9-7-18)16-26-17-25-15-23(26)27-22-12-10-21(11-13-22)20-4-2-1-3-5-20;3-2(4,5)1(6)7/h1-13,15,17H,16H2;(H,6,7). The Morgan fingerprint density at radius 1 is 0.971 bits per heavy atom. The van der Waals surface area contributed by atoms with Gasteiger partial charge in [-0.15, -0.1) is 0 Å². The quantitative estimate of drug-likeness (QED) is 0.397. The van der Waals surface area contributed by atoms with Crippen molar-refractivity contribution >= 4 is 5.97 Å². The second kappa shape index (κ2) is 10.8. The van der Waals surface area contributed by atoms with Crippen molar-refractivity contribution in [3.8, 4) is 28.8 Å². The van der Waals surface area contributed by atoms with E-state index in [0.29, 0.717) is 18.0 Å². The monoisotopic (exact) mass is 465 g/mol.